The lowest BCUT2D eigenvalue weighted by atomic mass is 10.2. The fourth-order valence-electron chi connectivity index (χ4n) is 3.83. The van der Waals surface area contributed by atoms with Crippen LogP contribution in [0.1, 0.15) is 39.3 Å². The molecule has 0 saturated heterocycles. The largest absolute Gasteiger partial charge is 0.433 e. The number of carbonyl (C=O) groups is 2. The predicted molar refractivity (Wildman–Crippen MR) is 138 cm³/mol. The number of nitrogens with one attached hydrogen (secondary N) is 2. The third-order valence-electron chi connectivity index (χ3n) is 5.90. The van der Waals surface area contributed by atoms with E-state index in [9.17, 15) is 22.8 Å². The molecule has 0 aromatic carbocycles. The second-order valence-electron chi connectivity index (χ2n) is 8.30. The number of aryl methyl sites for hydroxylation is 2. The molecule has 5 aromatic heterocycles. The Morgan fingerprint density at radius 2 is 1.85 bits per heavy atom. The highest BCUT2D eigenvalue weighted by atomic mass is 35.5. The zero-order chi connectivity index (χ0) is 28.1. The monoisotopic (exact) mass is 577 g/mol. The van der Waals surface area contributed by atoms with Crippen LogP contribution in [0.15, 0.2) is 36.0 Å². The van der Waals surface area contributed by atoms with Crippen molar-refractivity contribution >= 4 is 51.8 Å². The number of rotatable bonds is 6. The van der Waals surface area contributed by atoms with Crippen LogP contribution < -0.4 is 10.6 Å². The van der Waals surface area contributed by atoms with E-state index in [1.807, 2.05) is 0 Å². The summed E-state index contributed by atoms with van der Waals surface area (Å²) in [7, 11) is 1.72. The molecule has 0 spiro atoms. The second-order valence-corrected chi connectivity index (χ2v) is 9.62. The summed E-state index contributed by atoms with van der Waals surface area (Å²) in [5.41, 5.74) is -0.774. The van der Waals surface area contributed by atoms with Crippen LogP contribution in [-0.4, -0.2) is 46.0 Å². The summed E-state index contributed by atoms with van der Waals surface area (Å²) in [6.07, 6.45) is -2.08. The first kappa shape index (κ1) is 26.4. The van der Waals surface area contributed by atoms with Crippen LogP contribution in [-0.2, 0) is 19.8 Å². The molecule has 5 aromatic rings. The van der Waals surface area contributed by atoms with Crippen LogP contribution in [0.4, 0.5) is 24.5 Å². The van der Waals surface area contributed by atoms with Crippen LogP contribution in [0, 0.1) is 6.92 Å². The van der Waals surface area contributed by atoms with Crippen LogP contribution in [0.25, 0.3) is 16.2 Å². The van der Waals surface area contributed by atoms with E-state index in [1.165, 1.54) is 28.4 Å². The van der Waals surface area contributed by atoms with Crippen LogP contribution in [0.3, 0.4) is 0 Å². The lowest BCUT2D eigenvalue weighted by molar-refractivity contribution is -0.142. The van der Waals surface area contributed by atoms with Gasteiger partial charge in [-0.3, -0.25) is 19.0 Å². The minimum absolute atomic E-state index is 0.0114. The number of amides is 2. The van der Waals surface area contributed by atoms with Crippen LogP contribution in [0.5, 0.6) is 0 Å². The van der Waals surface area contributed by atoms with Gasteiger partial charge in [0.1, 0.15) is 10.7 Å². The molecule has 0 aliphatic carbocycles. The number of hydrogen-bond acceptors (Lipinski definition) is 7. The van der Waals surface area contributed by atoms with Crippen molar-refractivity contribution in [3.8, 4) is 10.6 Å². The SMILES string of the molecule is CCn1ncc(NC(=O)c2nn3c(C(F)(F)F)cc(-c4cccs4)nc3c2Cl)c1C(=O)Nc1cnn(C)c1C. The van der Waals surface area contributed by atoms with Gasteiger partial charge in [0, 0.05) is 13.6 Å². The lowest BCUT2D eigenvalue weighted by Gasteiger charge is -2.10. The van der Waals surface area contributed by atoms with E-state index >= 15 is 0 Å². The van der Waals surface area contributed by atoms with Gasteiger partial charge in [-0.15, -0.1) is 11.3 Å². The van der Waals surface area contributed by atoms with Crippen molar-refractivity contribution in [3.05, 3.63) is 63.8 Å². The summed E-state index contributed by atoms with van der Waals surface area (Å²) in [5.74, 6) is -1.53. The Morgan fingerprint density at radius 1 is 1.13 bits per heavy atom. The maximum absolute atomic E-state index is 13.9. The van der Waals surface area contributed by atoms with E-state index in [0.717, 1.165) is 6.07 Å². The molecule has 0 atom stereocenters. The Labute approximate surface area is 227 Å². The molecule has 16 heteroatoms. The van der Waals surface area contributed by atoms with Crippen molar-refractivity contribution in [2.45, 2.75) is 26.6 Å². The number of fused-ring (bicyclic) bond motifs is 1. The number of carbonyl (C=O) groups excluding carboxylic acids is 2. The van der Waals surface area contributed by atoms with E-state index in [-0.39, 0.29) is 27.7 Å². The van der Waals surface area contributed by atoms with Crippen LogP contribution >= 0.6 is 22.9 Å². The first-order valence-electron chi connectivity index (χ1n) is 11.4. The van der Waals surface area contributed by atoms with Gasteiger partial charge in [-0.25, -0.2) is 9.50 Å². The van der Waals surface area contributed by atoms with E-state index in [0.29, 0.717) is 27.3 Å². The first-order valence-corrected chi connectivity index (χ1v) is 12.6. The molecular weight excluding hydrogens is 559 g/mol. The number of alkyl halides is 3. The third kappa shape index (κ3) is 4.74. The third-order valence-corrected chi connectivity index (χ3v) is 7.14. The molecule has 0 bridgehead atoms. The van der Waals surface area contributed by atoms with E-state index in [1.54, 1.807) is 43.1 Å². The maximum atomic E-state index is 13.9. The van der Waals surface area contributed by atoms with Crippen molar-refractivity contribution in [1.29, 1.82) is 0 Å². The maximum Gasteiger partial charge on any atom is 0.433 e. The molecule has 0 unspecified atom stereocenters. The number of anilines is 2. The molecule has 5 rings (SSSR count). The molecule has 0 radical (unpaired) electrons. The van der Waals surface area contributed by atoms with Gasteiger partial charge in [-0.05, 0) is 31.4 Å². The molecule has 202 valence electrons. The molecule has 5 heterocycles. The van der Waals surface area contributed by atoms with Crippen molar-refractivity contribution < 1.29 is 22.8 Å². The first-order chi connectivity index (χ1) is 18.5. The summed E-state index contributed by atoms with van der Waals surface area (Å²) in [4.78, 5) is 31.1. The van der Waals surface area contributed by atoms with Crippen molar-refractivity contribution in [3.63, 3.8) is 0 Å². The average molecular weight is 578 g/mol. The Balaban J connectivity index is 1.52. The fourth-order valence-corrected chi connectivity index (χ4v) is 4.76. The summed E-state index contributed by atoms with van der Waals surface area (Å²) in [6, 6.07) is 4.14. The minimum atomic E-state index is -4.81. The van der Waals surface area contributed by atoms with Gasteiger partial charge in [0.15, 0.2) is 17.0 Å². The lowest BCUT2D eigenvalue weighted by Crippen LogP contribution is -2.21. The molecule has 2 amide bonds. The highest BCUT2D eigenvalue weighted by molar-refractivity contribution is 7.13. The Morgan fingerprint density at radius 3 is 2.46 bits per heavy atom. The normalized spacial score (nSPS) is 11.8. The van der Waals surface area contributed by atoms with Gasteiger partial charge in [0.2, 0.25) is 0 Å². The van der Waals surface area contributed by atoms with Gasteiger partial charge < -0.3 is 10.6 Å². The number of hydrogen-bond donors (Lipinski definition) is 2. The van der Waals surface area contributed by atoms with Crippen molar-refractivity contribution in [2.75, 3.05) is 10.6 Å². The topological polar surface area (TPSA) is 124 Å². The molecule has 39 heavy (non-hydrogen) atoms. The Bertz CT molecular complexity index is 1720. The molecule has 0 saturated carbocycles. The van der Waals surface area contributed by atoms with Gasteiger partial charge in [0.05, 0.1) is 40.0 Å². The summed E-state index contributed by atoms with van der Waals surface area (Å²) < 4.78 is 45.2. The van der Waals surface area contributed by atoms with Gasteiger partial charge >= 0.3 is 6.18 Å². The predicted octanol–water partition coefficient (Wildman–Crippen LogP) is 4.89. The Hall–Kier alpha value is -4.24. The molecule has 11 nitrogen and oxygen atoms in total. The highest BCUT2D eigenvalue weighted by Gasteiger charge is 2.37. The summed E-state index contributed by atoms with van der Waals surface area (Å²) in [5, 5.41) is 18.6. The molecule has 0 aliphatic heterocycles. The second kappa shape index (κ2) is 9.81. The molecule has 0 fully saturated rings. The zero-order valence-corrected chi connectivity index (χ0v) is 22.1. The highest BCUT2D eigenvalue weighted by Crippen LogP contribution is 2.35. The minimum Gasteiger partial charge on any atom is -0.318 e. The van der Waals surface area contributed by atoms with E-state index in [4.69, 9.17) is 11.6 Å². The molecule has 0 aliphatic rings. The van der Waals surface area contributed by atoms with Gasteiger partial charge in [-0.1, -0.05) is 17.7 Å². The smallest absolute Gasteiger partial charge is 0.318 e. The quantitative estimate of drug-likeness (QED) is 0.296. The van der Waals surface area contributed by atoms with Gasteiger partial charge in [0.25, 0.3) is 11.8 Å². The number of thiophene rings is 1. The Kier molecular flexibility index (Phi) is 6.64. The summed E-state index contributed by atoms with van der Waals surface area (Å²) >= 11 is 7.56. The molecule has 2 N–H and O–H groups in total. The summed E-state index contributed by atoms with van der Waals surface area (Å²) in [6.45, 7) is 3.81. The van der Waals surface area contributed by atoms with Crippen molar-refractivity contribution in [2.24, 2.45) is 7.05 Å². The van der Waals surface area contributed by atoms with Crippen molar-refractivity contribution in [1.82, 2.24) is 34.2 Å². The number of halogens is 4. The average Bonchev–Trinajstić information content (AvgIpc) is 3.68. The standard InChI is InChI=1S/C23H19ClF3N9O2S/c1-4-35-19(22(38)31-13-9-28-34(3)11(13)2)14(10-29-35)32-21(37)18-17(24)20-30-12(15-6-5-7-39-15)8-16(23(25,26)27)36(20)33-18/h5-10H,4H2,1-3H3,(H,31,38)(H,32,37). The fraction of sp³-hybridized carbons (Fsp3) is 0.217. The van der Waals surface area contributed by atoms with E-state index < -0.39 is 29.4 Å². The van der Waals surface area contributed by atoms with E-state index in [2.05, 4.69) is 30.9 Å². The number of aromatic nitrogens is 7. The zero-order valence-electron chi connectivity index (χ0n) is 20.5. The molecular formula is C23H19ClF3N9O2S. The number of nitrogens with zero attached hydrogens (tertiary/aromatic N) is 7. The van der Waals surface area contributed by atoms with Crippen LogP contribution in [0.2, 0.25) is 5.02 Å². The van der Waals surface area contributed by atoms with Gasteiger partial charge in [-0.2, -0.15) is 28.5 Å².